The van der Waals surface area contributed by atoms with E-state index in [0.717, 1.165) is 32.3 Å². The van der Waals surface area contributed by atoms with Crippen LogP contribution in [0.25, 0.3) is 0 Å². The van der Waals surface area contributed by atoms with Gasteiger partial charge in [0.15, 0.2) is 0 Å². The summed E-state index contributed by atoms with van der Waals surface area (Å²) in [6.45, 7) is 3.65. The SMILES string of the molecule is CC1(C(=O)NCC2CCCO2)CCCC1. The van der Waals surface area contributed by atoms with Crippen molar-refractivity contribution in [2.45, 2.75) is 51.6 Å². The van der Waals surface area contributed by atoms with Crippen LogP contribution in [-0.2, 0) is 9.53 Å². The van der Waals surface area contributed by atoms with Crippen LogP contribution in [0.5, 0.6) is 0 Å². The maximum Gasteiger partial charge on any atom is 0.226 e. The first-order valence-electron chi connectivity index (χ1n) is 6.11. The van der Waals surface area contributed by atoms with Crippen LogP contribution in [0.1, 0.15) is 45.4 Å². The molecule has 86 valence electrons. The fourth-order valence-electron chi connectivity index (χ4n) is 2.61. The van der Waals surface area contributed by atoms with Gasteiger partial charge in [0.2, 0.25) is 5.91 Å². The topological polar surface area (TPSA) is 38.3 Å². The molecule has 3 heteroatoms. The van der Waals surface area contributed by atoms with Crippen molar-refractivity contribution in [2.24, 2.45) is 5.41 Å². The third-order valence-electron chi connectivity index (χ3n) is 3.77. The number of nitrogens with one attached hydrogen (secondary N) is 1. The molecule has 0 bridgehead atoms. The Hall–Kier alpha value is -0.570. The molecule has 0 aromatic heterocycles. The number of hydrogen-bond acceptors (Lipinski definition) is 2. The minimum Gasteiger partial charge on any atom is -0.376 e. The Morgan fingerprint density at radius 3 is 2.73 bits per heavy atom. The van der Waals surface area contributed by atoms with Crippen molar-refractivity contribution in [1.82, 2.24) is 5.32 Å². The molecule has 1 aliphatic heterocycles. The predicted octanol–water partition coefficient (Wildman–Crippen LogP) is 1.86. The number of carbonyl (C=O) groups is 1. The van der Waals surface area contributed by atoms with Crippen LogP contribution >= 0.6 is 0 Å². The molecule has 1 saturated carbocycles. The van der Waals surface area contributed by atoms with Crippen molar-refractivity contribution in [3.05, 3.63) is 0 Å². The van der Waals surface area contributed by atoms with Gasteiger partial charge in [0, 0.05) is 18.6 Å². The quantitative estimate of drug-likeness (QED) is 0.774. The molecule has 1 unspecified atom stereocenters. The van der Waals surface area contributed by atoms with Gasteiger partial charge in [-0.2, -0.15) is 0 Å². The third-order valence-corrected chi connectivity index (χ3v) is 3.77. The molecule has 0 aromatic rings. The van der Waals surface area contributed by atoms with Crippen molar-refractivity contribution < 1.29 is 9.53 Å². The van der Waals surface area contributed by atoms with Gasteiger partial charge in [-0.05, 0) is 25.7 Å². The van der Waals surface area contributed by atoms with E-state index in [1.807, 2.05) is 0 Å². The Bertz CT molecular complexity index is 228. The molecule has 0 aromatic carbocycles. The average molecular weight is 211 g/mol. The molecule has 1 atom stereocenters. The standard InChI is InChI=1S/C12H21NO2/c1-12(6-2-3-7-12)11(14)13-9-10-5-4-8-15-10/h10H,2-9H2,1H3,(H,13,14). The summed E-state index contributed by atoms with van der Waals surface area (Å²) in [6.07, 6.45) is 6.98. The molecule has 2 fully saturated rings. The van der Waals surface area contributed by atoms with E-state index >= 15 is 0 Å². The molecular weight excluding hydrogens is 190 g/mol. The highest BCUT2D eigenvalue weighted by Crippen LogP contribution is 2.37. The average Bonchev–Trinajstić information content (AvgIpc) is 2.85. The van der Waals surface area contributed by atoms with Gasteiger partial charge >= 0.3 is 0 Å². The summed E-state index contributed by atoms with van der Waals surface area (Å²) in [4.78, 5) is 12.0. The van der Waals surface area contributed by atoms with Gasteiger partial charge in [0.1, 0.15) is 0 Å². The van der Waals surface area contributed by atoms with Crippen molar-refractivity contribution in [3.63, 3.8) is 0 Å². The highest BCUT2D eigenvalue weighted by atomic mass is 16.5. The molecule has 1 amide bonds. The lowest BCUT2D eigenvalue weighted by Gasteiger charge is -2.23. The van der Waals surface area contributed by atoms with Crippen molar-refractivity contribution in [2.75, 3.05) is 13.2 Å². The van der Waals surface area contributed by atoms with Crippen LogP contribution in [0.4, 0.5) is 0 Å². The van der Waals surface area contributed by atoms with Gasteiger partial charge in [0.25, 0.3) is 0 Å². The zero-order chi connectivity index (χ0) is 10.7. The monoisotopic (exact) mass is 211 g/mol. The second kappa shape index (κ2) is 4.52. The largest absolute Gasteiger partial charge is 0.376 e. The number of amides is 1. The normalized spacial score (nSPS) is 29.3. The summed E-state index contributed by atoms with van der Waals surface area (Å²) in [5.74, 6) is 0.232. The molecular formula is C12H21NO2. The van der Waals surface area contributed by atoms with Crippen LogP contribution < -0.4 is 5.32 Å². The summed E-state index contributed by atoms with van der Waals surface area (Å²) in [5.41, 5.74) is -0.0986. The van der Waals surface area contributed by atoms with Crippen LogP contribution in [0.3, 0.4) is 0 Å². The Morgan fingerprint density at radius 1 is 1.40 bits per heavy atom. The van der Waals surface area contributed by atoms with Crippen LogP contribution in [-0.4, -0.2) is 25.2 Å². The molecule has 1 N–H and O–H groups in total. The lowest BCUT2D eigenvalue weighted by atomic mass is 9.88. The van der Waals surface area contributed by atoms with Crippen LogP contribution in [0.15, 0.2) is 0 Å². The minimum atomic E-state index is -0.0986. The smallest absolute Gasteiger partial charge is 0.226 e. The first kappa shape index (κ1) is 10.9. The Balaban J connectivity index is 1.76. The van der Waals surface area contributed by atoms with E-state index in [1.54, 1.807) is 0 Å². The Labute approximate surface area is 91.6 Å². The fourth-order valence-corrected chi connectivity index (χ4v) is 2.61. The lowest BCUT2D eigenvalue weighted by molar-refractivity contribution is -0.130. The van der Waals surface area contributed by atoms with Gasteiger partial charge in [-0.15, -0.1) is 0 Å². The molecule has 0 radical (unpaired) electrons. The molecule has 0 spiro atoms. The Morgan fingerprint density at radius 2 is 2.13 bits per heavy atom. The molecule has 15 heavy (non-hydrogen) atoms. The maximum atomic E-state index is 12.0. The Kier molecular flexibility index (Phi) is 3.29. The highest BCUT2D eigenvalue weighted by molar-refractivity contribution is 5.82. The van der Waals surface area contributed by atoms with E-state index in [1.165, 1.54) is 12.8 Å². The second-order valence-corrected chi connectivity index (χ2v) is 5.11. The predicted molar refractivity (Wildman–Crippen MR) is 58.6 cm³/mol. The molecule has 2 rings (SSSR count). The molecule has 3 nitrogen and oxygen atoms in total. The minimum absolute atomic E-state index is 0.0986. The van der Waals surface area contributed by atoms with E-state index in [4.69, 9.17) is 4.74 Å². The molecule has 1 saturated heterocycles. The number of carbonyl (C=O) groups excluding carboxylic acids is 1. The van der Waals surface area contributed by atoms with E-state index < -0.39 is 0 Å². The van der Waals surface area contributed by atoms with E-state index in [0.29, 0.717) is 6.54 Å². The molecule has 2 aliphatic rings. The summed E-state index contributed by atoms with van der Waals surface area (Å²) >= 11 is 0. The summed E-state index contributed by atoms with van der Waals surface area (Å²) in [5, 5.41) is 3.04. The zero-order valence-electron chi connectivity index (χ0n) is 9.55. The maximum absolute atomic E-state index is 12.0. The number of rotatable bonds is 3. The van der Waals surface area contributed by atoms with Crippen LogP contribution in [0.2, 0.25) is 0 Å². The lowest BCUT2D eigenvalue weighted by Crippen LogP contribution is -2.40. The first-order chi connectivity index (χ1) is 7.21. The van der Waals surface area contributed by atoms with E-state index in [-0.39, 0.29) is 17.4 Å². The number of hydrogen-bond donors (Lipinski definition) is 1. The highest BCUT2D eigenvalue weighted by Gasteiger charge is 2.36. The van der Waals surface area contributed by atoms with E-state index in [9.17, 15) is 4.79 Å². The van der Waals surface area contributed by atoms with Gasteiger partial charge in [-0.3, -0.25) is 4.79 Å². The summed E-state index contributed by atoms with van der Waals surface area (Å²) < 4.78 is 5.48. The first-order valence-corrected chi connectivity index (χ1v) is 6.11. The number of ether oxygens (including phenoxy) is 1. The van der Waals surface area contributed by atoms with Gasteiger partial charge in [0.05, 0.1) is 6.10 Å². The van der Waals surface area contributed by atoms with Crippen molar-refractivity contribution >= 4 is 5.91 Å². The summed E-state index contributed by atoms with van der Waals surface area (Å²) in [7, 11) is 0. The summed E-state index contributed by atoms with van der Waals surface area (Å²) in [6, 6.07) is 0. The molecule has 1 heterocycles. The fraction of sp³-hybridized carbons (Fsp3) is 0.917. The second-order valence-electron chi connectivity index (χ2n) is 5.11. The van der Waals surface area contributed by atoms with Gasteiger partial charge in [-0.1, -0.05) is 19.8 Å². The van der Waals surface area contributed by atoms with Gasteiger partial charge < -0.3 is 10.1 Å². The van der Waals surface area contributed by atoms with Crippen molar-refractivity contribution in [1.29, 1.82) is 0 Å². The molecule has 1 aliphatic carbocycles. The van der Waals surface area contributed by atoms with E-state index in [2.05, 4.69) is 12.2 Å². The van der Waals surface area contributed by atoms with Gasteiger partial charge in [-0.25, -0.2) is 0 Å². The zero-order valence-corrected chi connectivity index (χ0v) is 9.55. The third kappa shape index (κ3) is 2.51. The van der Waals surface area contributed by atoms with Crippen molar-refractivity contribution in [3.8, 4) is 0 Å². The van der Waals surface area contributed by atoms with Crippen LogP contribution in [0, 0.1) is 5.41 Å².